The van der Waals surface area contributed by atoms with E-state index in [1.165, 1.54) is 5.57 Å². The zero-order valence-electron chi connectivity index (χ0n) is 14.7. The predicted molar refractivity (Wildman–Crippen MR) is 84.9 cm³/mol. The molecule has 2 aliphatic heterocycles. The highest BCUT2D eigenvalue weighted by Gasteiger charge is 2.53. The quantitative estimate of drug-likeness (QED) is 0.756. The van der Waals surface area contributed by atoms with Crippen LogP contribution < -0.4 is 5.32 Å². The number of ether oxygens (including phenoxy) is 4. The molecule has 2 heterocycles. The number of rotatable bonds is 4. The minimum absolute atomic E-state index is 0.0473. The van der Waals surface area contributed by atoms with Crippen LogP contribution in [0.25, 0.3) is 0 Å². The van der Waals surface area contributed by atoms with Gasteiger partial charge in [-0.05, 0) is 40.2 Å². The molecule has 6 nitrogen and oxygen atoms in total. The summed E-state index contributed by atoms with van der Waals surface area (Å²) in [5, 5.41) is 12.5. The molecule has 0 amide bonds. The van der Waals surface area contributed by atoms with Crippen LogP contribution in [0.5, 0.6) is 0 Å². The minimum atomic E-state index is -0.615. The van der Waals surface area contributed by atoms with Crippen molar-refractivity contribution in [3.8, 4) is 0 Å². The van der Waals surface area contributed by atoms with Crippen LogP contribution in [0.15, 0.2) is 11.6 Å². The van der Waals surface area contributed by atoms with E-state index in [4.69, 9.17) is 18.9 Å². The maximum atomic E-state index is 9.21. The number of hydrogen-bond acceptors (Lipinski definition) is 6. The van der Waals surface area contributed by atoms with Gasteiger partial charge in [0.15, 0.2) is 11.6 Å². The van der Waals surface area contributed by atoms with Crippen molar-refractivity contribution in [1.82, 2.24) is 5.32 Å². The van der Waals surface area contributed by atoms with Crippen LogP contribution in [0.3, 0.4) is 0 Å². The molecule has 0 spiro atoms. The highest BCUT2D eigenvalue weighted by molar-refractivity contribution is 5.23. The minimum Gasteiger partial charge on any atom is -0.395 e. The molecule has 0 radical (unpaired) electrons. The molecule has 132 valence electrons. The second-order valence-corrected chi connectivity index (χ2v) is 7.67. The average molecular weight is 327 g/mol. The molecule has 3 aliphatic rings. The van der Waals surface area contributed by atoms with Crippen LogP contribution in [0.4, 0.5) is 0 Å². The summed E-state index contributed by atoms with van der Waals surface area (Å²) < 4.78 is 24.2. The zero-order chi connectivity index (χ0) is 16.8. The molecule has 0 aromatic carbocycles. The lowest BCUT2D eigenvalue weighted by Crippen LogP contribution is -2.56. The van der Waals surface area contributed by atoms with Gasteiger partial charge in [0.1, 0.15) is 12.2 Å². The van der Waals surface area contributed by atoms with Gasteiger partial charge in [0.2, 0.25) is 0 Å². The highest BCUT2D eigenvalue weighted by Crippen LogP contribution is 2.43. The van der Waals surface area contributed by atoms with Crippen molar-refractivity contribution in [2.45, 2.75) is 70.5 Å². The van der Waals surface area contributed by atoms with Gasteiger partial charge < -0.3 is 29.4 Å². The number of aliphatic hydroxyl groups is 1. The summed E-state index contributed by atoms with van der Waals surface area (Å²) >= 11 is 0. The molecule has 2 saturated heterocycles. The third kappa shape index (κ3) is 3.62. The lowest BCUT2D eigenvalue weighted by molar-refractivity contribution is -0.308. The molecule has 23 heavy (non-hydrogen) atoms. The normalized spacial score (nSPS) is 39.3. The maximum absolute atomic E-state index is 9.21. The second-order valence-electron chi connectivity index (χ2n) is 7.67. The Kier molecular flexibility index (Phi) is 4.59. The summed E-state index contributed by atoms with van der Waals surface area (Å²) in [6, 6.07) is 0.0473. The van der Waals surface area contributed by atoms with Crippen LogP contribution in [-0.4, -0.2) is 60.8 Å². The Morgan fingerprint density at radius 1 is 1.17 bits per heavy atom. The standard InChI is InChI=1S/C17H29NO5/c1-10(8-19)18-7-11-6-13-15(23-17(4,5)21-13)14-12(11)9-20-16(2,3)22-14/h6,10,12-15,18-19H,7-9H2,1-5H3/t10?,12-,13-,14-,15-/m1/s1. The molecule has 1 aliphatic carbocycles. The fourth-order valence-electron chi connectivity index (χ4n) is 3.52. The molecular formula is C17H29NO5. The van der Waals surface area contributed by atoms with E-state index < -0.39 is 11.6 Å². The predicted octanol–water partition coefficient (Wildman–Crippen LogP) is 1.18. The van der Waals surface area contributed by atoms with E-state index in [1.54, 1.807) is 0 Å². The van der Waals surface area contributed by atoms with Crippen LogP contribution in [0.2, 0.25) is 0 Å². The van der Waals surface area contributed by atoms with Crippen molar-refractivity contribution in [3.05, 3.63) is 11.6 Å². The number of aliphatic hydroxyl groups excluding tert-OH is 1. The van der Waals surface area contributed by atoms with E-state index in [2.05, 4.69) is 11.4 Å². The van der Waals surface area contributed by atoms with Gasteiger partial charge in [-0.15, -0.1) is 0 Å². The Morgan fingerprint density at radius 3 is 2.57 bits per heavy atom. The summed E-state index contributed by atoms with van der Waals surface area (Å²) in [4.78, 5) is 0. The Hall–Kier alpha value is -0.500. The first kappa shape index (κ1) is 17.3. The van der Waals surface area contributed by atoms with Gasteiger partial charge in [-0.1, -0.05) is 6.08 Å². The fraction of sp³-hybridized carbons (Fsp3) is 0.882. The lowest BCUT2D eigenvalue weighted by atomic mass is 9.81. The van der Waals surface area contributed by atoms with Crippen molar-refractivity contribution in [1.29, 1.82) is 0 Å². The lowest BCUT2D eigenvalue weighted by Gasteiger charge is -2.46. The van der Waals surface area contributed by atoms with Gasteiger partial charge in [0.05, 0.1) is 19.3 Å². The fourth-order valence-corrected chi connectivity index (χ4v) is 3.52. The molecule has 3 rings (SSSR count). The molecule has 2 fully saturated rings. The van der Waals surface area contributed by atoms with Gasteiger partial charge >= 0.3 is 0 Å². The maximum Gasteiger partial charge on any atom is 0.164 e. The summed E-state index contributed by atoms with van der Waals surface area (Å²) in [6.45, 7) is 11.1. The molecule has 0 aromatic heterocycles. The van der Waals surface area contributed by atoms with Gasteiger partial charge in [0.25, 0.3) is 0 Å². The van der Waals surface area contributed by atoms with E-state index in [-0.39, 0.29) is 36.9 Å². The highest BCUT2D eigenvalue weighted by atomic mass is 16.8. The molecule has 0 saturated carbocycles. The van der Waals surface area contributed by atoms with Crippen molar-refractivity contribution in [2.75, 3.05) is 19.8 Å². The van der Waals surface area contributed by atoms with Crippen molar-refractivity contribution < 1.29 is 24.1 Å². The monoisotopic (exact) mass is 327 g/mol. The molecule has 1 unspecified atom stereocenters. The van der Waals surface area contributed by atoms with Crippen molar-refractivity contribution in [2.24, 2.45) is 5.92 Å². The van der Waals surface area contributed by atoms with Crippen molar-refractivity contribution >= 4 is 0 Å². The number of nitrogens with one attached hydrogen (secondary N) is 1. The first-order valence-corrected chi connectivity index (χ1v) is 8.43. The third-order valence-electron chi connectivity index (χ3n) is 4.70. The van der Waals surface area contributed by atoms with Gasteiger partial charge in [-0.2, -0.15) is 0 Å². The first-order valence-electron chi connectivity index (χ1n) is 8.43. The summed E-state index contributed by atoms with van der Waals surface area (Å²) in [6.07, 6.45) is 1.83. The molecule has 2 N–H and O–H groups in total. The summed E-state index contributed by atoms with van der Waals surface area (Å²) in [7, 11) is 0. The smallest absolute Gasteiger partial charge is 0.164 e. The summed E-state index contributed by atoms with van der Waals surface area (Å²) in [5.41, 5.74) is 1.20. The number of fused-ring (bicyclic) bond motifs is 3. The Balaban J connectivity index is 1.82. The zero-order valence-corrected chi connectivity index (χ0v) is 14.7. The first-order chi connectivity index (χ1) is 10.7. The molecule has 0 bridgehead atoms. The van der Waals surface area contributed by atoms with Crippen LogP contribution in [-0.2, 0) is 18.9 Å². The largest absolute Gasteiger partial charge is 0.395 e. The Bertz CT molecular complexity index is 476. The Morgan fingerprint density at radius 2 is 1.87 bits per heavy atom. The summed E-state index contributed by atoms with van der Waals surface area (Å²) in [5.74, 6) is -1.08. The molecule has 6 heteroatoms. The number of hydrogen-bond donors (Lipinski definition) is 2. The third-order valence-corrected chi connectivity index (χ3v) is 4.70. The van der Waals surface area contributed by atoms with Crippen LogP contribution in [0.1, 0.15) is 34.6 Å². The van der Waals surface area contributed by atoms with Gasteiger partial charge in [-0.25, -0.2) is 0 Å². The average Bonchev–Trinajstić information content (AvgIpc) is 2.77. The SMILES string of the molecule is CC(CO)NCC1=C[C@H]2OC(C)(C)O[C@H]2[C@@H]2OC(C)(C)OC[C@H]12. The van der Waals surface area contributed by atoms with Crippen LogP contribution >= 0.6 is 0 Å². The van der Waals surface area contributed by atoms with Gasteiger partial charge in [-0.3, -0.25) is 0 Å². The topological polar surface area (TPSA) is 69.2 Å². The van der Waals surface area contributed by atoms with E-state index >= 15 is 0 Å². The van der Waals surface area contributed by atoms with E-state index in [9.17, 15) is 5.11 Å². The van der Waals surface area contributed by atoms with E-state index in [1.807, 2.05) is 34.6 Å². The van der Waals surface area contributed by atoms with Gasteiger partial charge in [0, 0.05) is 18.5 Å². The van der Waals surface area contributed by atoms with E-state index in [0.29, 0.717) is 13.2 Å². The molecule has 5 atom stereocenters. The molecular weight excluding hydrogens is 298 g/mol. The van der Waals surface area contributed by atoms with Crippen molar-refractivity contribution in [3.63, 3.8) is 0 Å². The Labute approximate surface area is 138 Å². The second kappa shape index (κ2) is 6.10. The molecule has 0 aromatic rings. The van der Waals surface area contributed by atoms with Crippen LogP contribution in [0, 0.1) is 5.92 Å². The van der Waals surface area contributed by atoms with E-state index in [0.717, 1.165) is 0 Å².